The molecule has 0 fully saturated rings. The highest BCUT2D eigenvalue weighted by Gasteiger charge is 2.28. The van der Waals surface area contributed by atoms with Crippen molar-refractivity contribution in [1.29, 1.82) is 0 Å². The Labute approximate surface area is 135 Å². The molecular weight excluding hydrogens is 316 g/mol. The molecule has 6 nitrogen and oxygen atoms in total. The Morgan fingerprint density at radius 1 is 1.09 bits per heavy atom. The molecule has 0 saturated carbocycles. The normalized spacial score (nSPS) is 10.9. The number of ether oxygens (including phenoxy) is 1. The van der Waals surface area contributed by atoms with Crippen LogP contribution in [0.1, 0.15) is 0 Å². The lowest BCUT2D eigenvalue weighted by molar-refractivity contribution is -0.119. The predicted molar refractivity (Wildman–Crippen MR) is 88.0 cm³/mol. The van der Waals surface area contributed by atoms with E-state index >= 15 is 0 Å². The van der Waals surface area contributed by atoms with Gasteiger partial charge in [-0.3, -0.25) is 9.10 Å². The first kappa shape index (κ1) is 16.8. The molecule has 0 spiro atoms. The van der Waals surface area contributed by atoms with E-state index in [1.54, 1.807) is 42.5 Å². The number of hydrogen-bond acceptors (Lipinski definition) is 4. The number of benzene rings is 2. The van der Waals surface area contributed by atoms with Crippen LogP contribution in [0.2, 0.25) is 0 Å². The maximum atomic E-state index is 12.9. The van der Waals surface area contributed by atoms with Gasteiger partial charge >= 0.3 is 0 Å². The van der Waals surface area contributed by atoms with E-state index in [0.29, 0.717) is 11.4 Å². The van der Waals surface area contributed by atoms with Crippen molar-refractivity contribution in [2.75, 3.05) is 25.0 Å². The molecule has 0 unspecified atom stereocenters. The smallest absolute Gasteiger partial charge is 0.264 e. The van der Waals surface area contributed by atoms with Gasteiger partial charge in [0, 0.05) is 7.05 Å². The summed E-state index contributed by atoms with van der Waals surface area (Å²) >= 11 is 0. The minimum absolute atomic E-state index is 0.106. The van der Waals surface area contributed by atoms with Gasteiger partial charge in [0.2, 0.25) is 5.91 Å². The molecule has 0 atom stereocenters. The molecule has 23 heavy (non-hydrogen) atoms. The molecule has 0 saturated heterocycles. The first-order valence-electron chi connectivity index (χ1n) is 6.92. The van der Waals surface area contributed by atoms with Gasteiger partial charge in [-0.2, -0.15) is 0 Å². The molecule has 0 aliphatic rings. The summed E-state index contributed by atoms with van der Waals surface area (Å²) in [6, 6.07) is 14.6. The molecule has 0 heterocycles. The van der Waals surface area contributed by atoms with Crippen molar-refractivity contribution in [3.8, 4) is 5.75 Å². The molecule has 7 heteroatoms. The summed E-state index contributed by atoms with van der Waals surface area (Å²) in [5.74, 6) is -0.0497. The maximum absolute atomic E-state index is 12.9. The zero-order chi connectivity index (χ0) is 16.9. The number of carbonyl (C=O) groups excluding carboxylic acids is 1. The van der Waals surface area contributed by atoms with Gasteiger partial charge in [-0.1, -0.05) is 30.3 Å². The number of anilines is 1. The largest absolute Gasteiger partial charge is 0.495 e. The second-order valence-electron chi connectivity index (χ2n) is 4.67. The number of nitrogens with one attached hydrogen (secondary N) is 1. The number of carbonyl (C=O) groups is 1. The van der Waals surface area contributed by atoms with Gasteiger partial charge in [0.05, 0.1) is 17.7 Å². The summed E-state index contributed by atoms with van der Waals surface area (Å²) in [4.78, 5) is 11.9. The molecule has 2 rings (SSSR count). The van der Waals surface area contributed by atoms with E-state index in [1.807, 2.05) is 0 Å². The molecule has 0 bridgehead atoms. The van der Waals surface area contributed by atoms with Crippen LogP contribution in [0, 0.1) is 0 Å². The van der Waals surface area contributed by atoms with Crippen molar-refractivity contribution < 1.29 is 17.9 Å². The van der Waals surface area contributed by atoms with Crippen LogP contribution in [-0.4, -0.2) is 35.0 Å². The lowest BCUT2D eigenvalue weighted by atomic mass is 10.3. The lowest BCUT2D eigenvalue weighted by Crippen LogP contribution is -2.39. The van der Waals surface area contributed by atoms with Gasteiger partial charge in [0.25, 0.3) is 10.0 Å². The Morgan fingerprint density at radius 3 is 2.30 bits per heavy atom. The summed E-state index contributed by atoms with van der Waals surface area (Å²) in [7, 11) is -0.993. The van der Waals surface area contributed by atoms with Crippen LogP contribution in [0.3, 0.4) is 0 Å². The number of likely N-dealkylation sites (N-methyl/N-ethyl adjacent to an activating group) is 1. The zero-order valence-electron chi connectivity index (χ0n) is 12.9. The molecule has 1 amide bonds. The monoisotopic (exact) mass is 334 g/mol. The van der Waals surface area contributed by atoms with Crippen molar-refractivity contribution in [2.24, 2.45) is 0 Å². The van der Waals surface area contributed by atoms with Crippen LogP contribution in [0.15, 0.2) is 59.5 Å². The minimum Gasteiger partial charge on any atom is -0.495 e. The first-order chi connectivity index (χ1) is 11.0. The number of hydrogen-bond donors (Lipinski definition) is 1. The van der Waals surface area contributed by atoms with Crippen molar-refractivity contribution in [3.63, 3.8) is 0 Å². The Kier molecular flexibility index (Phi) is 5.23. The molecule has 2 aromatic carbocycles. The third-order valence-electron chi connectivity index (χ3n) is 3.25. The topological polar surface area (TPSA) is 75.7 Å². The molecule has 1 N–H and O–H groups in total. The van der Waals surface area contributed by atoms with Gasteiger partial charge in [0.15, 0.2) is 0 Å². The van der Waals surface area contributed by atoms with Gasteiger partial charge in [-0.05, 0) is 24.3 Å². The van der Waals surface area contributed by atoms with Gasteiger partial charge in [-0.15, -0.1) is 0 Å². The van der Waals surface area contributed by atoms with E-state index in [-0.39, 0.29) is 11.4 Å². The van der Waals surface area contributed by atoms with Crippen LogP contribution >= 0.6 is 0 Å². The highest BCUT2D eigenvalue weighted by Crippen LogP contribution is 2.31. The Morgan fingerprint density at radius 2 is 1.70 bits per heavy atom. The van der Waals surface area contributed by atoms with Crippen molar-refractivity contribution >= 4 is 21.6 Å². The van der Waals surface area contributed by atoms with Gasteiger partial charge in [-0.25, -0.2) is 8.42 Å². The minimum atomic E-state index is -3.90. The second kappa shape index (κ2) is 7.15. The summed E-state index contributed by atoms with van der Waals surface area (Å²) in [6.07, 6.45) is 0. The van der Waals surface area contributed by atoms with Gasteiger partial charge in [0.1, 0.15) is 12.3 Å². The van der Waals surface area contributed by atoms with Crippen molar-refractivity contribution in [1.82, 2.24) is 5.32 Å². The first-order valence-corrected chi connectivity index (χ1v) is 8.36. The van der Waals surface area contributed by atoms with E-state index in [4.69, 9.17) is 4.74 Å². The van der Waals surface area contributed by atoms with Crippen LogP contribution in [0.25, 0.3) is 0 Å². The molecule has 0 aliphatic carbocycles. The third kappa shape index (κ3) is 3.62. The molecule has 122 valence electrons. The Bertz CT molecular complexity index is 776. The van der Waals surface area contributed by atoms with E-state index in [0.717, 1.165) is 4.31 Å². The number of sulfonamides is 1. The average molecular weight is 334 g/mol. The summed E-state index contributed by atoms with van der Waals surface area (Å²) in [5.41, 5.74) is 0.308. The quantitative estimate of drug-likeness (QED) is 0.871. The number of para-hydroxylation sites is 2. The average Bonchev–Trinajstić information content (AvgIpc) is 2.60. The summed E-state index contributed by atoms with van der Waals surface area (Å²) in [6.45, 7) is -0.339. The SMILES string of the molecule is CNC(=O)CN(c1ccccc1OC)S(=O)(=O)c1ccccc1. The number of methoxy groups -OCH3 is 1. The Hall–Kier alpha value is -2.54. The summed E-state index contributed by atoms with van der Waals surface area (Å²) in [5, 5.41) is 2.44. The number of nitrogens with zero attached hydrogens (tertiary/aromatic N) is 1. The van der Waals surface area contributed by atoms with Crippen molar-refractivity contribution in [3.05, 3.63) is 54.6 Å². The fraction of sp³-hybridized carbons (Fsp3) is 0.188. The Balaban J connectivity index is 2.57. The highest BCUT2D eigenvalue weighted by atomic mass is 32.2. The van der Waals surface area contributed by atoms with E-state index in [2.05, 4.69) is 5.32 Å². The van der Waals surface area contributed by atoms with E-state index in [9.17, 15) is 13.2 Å². The fourth-order valence-corrected chi connectivity index (χ4v) is 3.52. The third-order valence-corrected chi connectivity index (χ3v) is 5.03. The molecule has 2 aromatic rings. The maximum Gasteiger partial charge on any atom is 0.264 e. The van der Waals surface area contributed by atoms with E-state index < -0.39 is 15.9 Å². The molecule has 0 radical (unpaired) electrons. The predicted octanol–water partition coefficient (Wildman–Crippen LogP) is 1.64. The summed E-state index contributed by atoms with van der Waals surface area (Å²) < 4.78 is 32.2. The molecule has 0 aliphatic heterocycles. The van der Waals surface area contributed by atoms with E-state index in [1.165, 1.54) is 26.3 Å². The standard InChI is InChI=1S/C16H18N2O4S/c1-17-16(19)12-18(14-10-6-7-11-15(14)22-2)23(20,21)13-8-4-3-5-9-13/h3-11H,12H2,1-2H3,(H,17,19). The van der Waals surface area contributed by atoms with Crippen LogP contribution in [0.5, 0.6) is 5.75 Å². The molecule has 0 aromatic heterocycles. The lowest BCUT2D eigenvalue weighted by Gasteiger charge is -2.25. The van der Waals surface area contributed by atoms with Crippen LogP contribution < -0.4 is 14.4 Å². The van der Waals surface area contributed by atoms with Crippen LogP contribution in [0.4, 0.5) is 5.69 Å². The number of rotatable bonds is 6. The second-order valence-corrected chi connectivity index (χ2v) is 6.53. The molecular formula is C16H18N2O4S. The van der Waals surface area contributed by atoms with Crippen LogP contribution in [-0.2, 0) is 14.8 Å². The van der Waals surface area contributed by atoms with Gasteiger partial charge < -0.3 is 10.1 Å². The van der Waals surface area contributed by atoms with Crippen molar-refractivity contribution in [2.45, 2.75) is 4.90 Å². The zero-order valence-corrected chi connectivity index (χ0v) is 13.7. The highest BCUT2D eigenvalue weighted by molar-refractivity contribution is 7.92. The fourth-order valence-electron chi connectivity index (χ4n) is 2.06. The number of amides is 1.